The van der Waals surface area contributed by atoms with E-state index in [9.17, 15) is 18.0 Å². The van der Waals surface area contributed by atoms with Gasteiger partial charge in [0.1, 0.15) is 5.00 Å². The molecule has 0 bridgehead atoms. The van der Waals surface area contributed by atoms with E-state index in [2.05, 4.69) is 10.6 Å². The molecule has 26 heavy (non-hydrogen) atoms. The van der Waals surface area contributed by atoms with Crippen LogP contribution in [0.5, 0.6) is 0 Å². The van der Waals surface area contributed by atoms with E-state index in [1.807, 2.05) is 20.8 Å². The molecule has 0 aliphatic rings. The molecule has 0 aliphatic carbocycles. The standard InChI is InChI=1S/C18H22N2O4S2/c1-11-5-7-14(8-6-11)26(23,24)10-9-15(21)20-18-16(17(22)19-4)12(2)13(3)25-18/h5-8H,9-10H2,1-4H3,(H,19,22)(H,20,21). The maximum atomic E-state index is 12.3. The van der Waals surface area contributed by atoms with Crippen molar-refractivity contribution in [2.24, 2.45) is 0 Å². The van der Waals surface area contributed by atoms with Crippen molar-refractivity contribution in [2.75, 3.05) is 18.1 Å². The topological polar surface area (TPSA) is 92.3 Å². The van der Waals surface area contributed by atoms with Gasteiger partial charge in [-0.15, -0.1) is 11.3 Å². The Morgan fingerprint density at radius 3 is 2.27 bits per heavy atom. The van der Waals surface area contributed by atoms with Crippen LogP contribution in [0.2, 0.25) is 0 Å². The molecule has 6 nitrogen and oxygen atoms in total. The van der Waals surface area contributed by atoms with Crippen LogP contribution < -0.4 is 10.6 Å². The van der Waals surface area contributed by atoms with Gasteiger partial charge in [0.25, 0.3) is 5.91 Å². The highest BCUT2D eigenvalue weighted by atomic mass is 32.2. The Kier molecular flexibility index (Phi) is 6.20. The smallest absolute Gasteiger partial charge is 0.254 e. The fraction of sp³-hybridized carbons (Fsp3) is 0.333. The van der Waals surface area contributed by atoms with Gasteiger partial charge in [0.05, 0.1) is 16.2 Å². The number of aryl methyl sites for hydroxylation is 2. The molecule has 0 saturated carbocycles. The van der Waals surface area contributed by atoms with E-state index in [1.54, 1.807) is 12.1 Å². The monoisotopic (exact) mass is 394 g/mol. The van der Waals surface area contributed by atoms with E-state index in [0.29, 0.717) is 10.6 Å². The Labute approximate surface area is 157 Å². The van der Waals surface area contributed by atoms with Gasteiger partial charge in [-0.2, -0.15) is 0 Å². The van der Waals surface area contributed by atoms with Crippen LogP contribution in [0.25, 0.3) is 0 Å². The molecule has 0 atom stereocenters. The van der Waals surface area contributed by atoms with E-state index in [0.717, 1.165) is 16.0 Å². The van der Waals surface area contributed by atoms with Crippen LogP contribution in [0.15, 0.2) is 29.2 Å². The van der Waals surface area contributed by atoms with Crippen LogP contribution in [-0.4, -0.2) is 33.0 Å². The number of rotatable bonds is 6. The van der Waals surface area contributed by atoms with Gasteiger partial charge in [0, 0.05) is 18.3 Å². The fourth-order valence-electron chi connectivity index (χ4n) is 2.39. The fourth-order valence-corrected chi connectivity index (χ4v) is 4.71. The SMILES string of the molecule is CNC(=O)c1c(NC(=O)CCS(=O)(=O)c2ccc(C)cc2)sc(C)c1C. The lowest BCUT2D eigenvalue weighted by atomic mass is 10.1. The van der Waals surface area contributed by atoms with Gasteiger partial charge in [-0.1, -0.05) is 17.7 Å². The summed E-state index contributed by atoms with van der Waals surface area (Å²) in [5.74, 6) is -1.01. The minimum atomic E-state index is -3.54. The van der Waals surface area contributed by atoms with Crippen LogP contribution in [0.1, 0.15) is 32.8 Å². The highest BCUT2D eigenvalue weighted by Gasteiger charge is 2.21. The summed E-state index contributed by atoms with van der Waals surface area (Å²) in [7, 11) is -2.01. The van der Waals surface area contributed by atoms with Crippen molar-refractivity contribution in [2.45, 2.75) is 32.1 Å². The van der Waals surface area contributed by atoms with Crippen molar-refractivity contribution in [1.82, 2.24) is 5.32 Å². The van der Waals surface area contributed by atoms with Gasteiger partial charge in [0.15, 0.2) is 9.84 Å². The Balaban J connectivity index is 2.09. The molecule has 8 heteroatoms. The molecule has 0 fully saturated rings. The van der Waals surface area contributed by atoms with Gasteiger partial charge in [-0.3, -0.25) is 9.59 Å². The van der Waals surface area contributed by atoms with Gasteiger partial charge in [0.2, 0.25) is 5.91 Å². The summed E-state index contributed by atoms with van der Waals surface area (Å²) < 4.78 is 24.7. The molecule has 0 spiro atoms. The van der Waals surface area contributed by atoms with Gasteiger partial charge in [-0.05, 0) is 38.5 Å². The van der Waals surface area contributed by atoms with Crippen molar-refractivity contribution >= 4 is 38.0 Å². The molecule has 2 aromatic rings. The first kappa shape index (κ1) is 20.1. The van der Waals surface area contributed by atoms with E-state index >= 15 is 0 Å². The van der Waals surface area contributed by atoms with Crippen LogP contribution in [0.3, 0.4) is 0 Å². The number of hydrogen-bond acceptors (Lipinski definition) is 5. The molecule has 1 aromatic carbocycles. The summed E-state index contributed by atoms with van der Waals surface area (Å²) in [6, 6.07) is 6.52. The summed E-state index contributed by atoms with van der Waals surface area (Å²) in [6.45, 7) is 5.55. The van der Waals surface area contributed by atoms with Crippen molar-refractivity contribution in [1.29, 1.82) is 0 Å². The van der Waals surface area contributed by atoms with Gasteiger partial charge >= 0.3 is 0 Å². The van der Waals surface area contributed by atoms with Gasteiger partial charge in [-0.25, -0.2) is 8.42 Å². The maximum Gasteiger partial charge on any atom is 0.254 e. The van der Waals surface area contributed by atoms with E-state index in [4.69, 9.17) is 0 Å². The lowest BCUT2D eigenvalue weighted by Crippen LogP contribution is -2.22. The maximum absolute atomic E-state index is 12.3. The summed E-state index contributed by atoms with van der Waals surface area (Å²) in [5, 5.41) is 5.67. The first-order valence-electron chi connectivity index (χ1n) is 8.07. The number of carbonyl (C=O) groups is 2. The van der Waals surface area contributed by atoms with E-state index in [-0.39, 0.29) is 23.0 Å². The molecule has 2 amide bonds. The van der Waals surface area contributed by atoms with Crippen LogP contribution >= 0.6 is 11.3 Å². The minimum Gasteiger partial charge on any atom is -0.355 e. The summed E-state index contributed by atoms with van der Waals surface area (Å²) in [5.41, 5.74) is 2.19. The predicted octanol–water partition coefficient (Wildman–Crippen LogP) is 2.84. The summed E-state index contributed by atoms with van der Waals surface area (Å²) in [6.07, 6.45) is -0.181. The summed E-state index contributed by atoms with van der Waals surface area (Å²) in [4.78, 5) is 25.4. The zero-order valence-electron chi connectivity index (χ0n) is 15.2. The number of thiophene rings is 1. The molecule has 140 valence electrons. The first-order valence-corrected chi connectivity index (χ1v) is 10.5. The number of amides is 2. The number of nitrogens with one attached hydrogen (secondary N) is 2. The quantitative estimate of drug-likeness (QED) is 0.788. The Bertz CT molecular complexity index is 929. The predicted molar refractivity (Wildman–Crippen MR) is 104 cm³/mol. The molecular weight excluding hydrogens is 372 g/mol. The normalized spacial score (nSPS) is 11.2. The van der Waals surface area contributed by atoms with Crippen molar-refractivity contribution < 1.29 is 18.0 Å². The third kappa shape index (κ3) is 4.50. The van der Waals surface area contributed by atoms with Crippen molar-refractivity contribution in [3.63, 3.8) is 0 Å². The number of hydrogen-bond donors (Lipinski definition) is 2. The molecule has 0 unspecified atom stereocenters. The zero-order chi connectivity index (χ0) is 19.5. The first-order chi connectivity index (χ1) is 12.2. The van der Waals surface area contributed by atoms with Crippen LogP contribution in [-0.2, 0) is 14.6 Å². The molecule has 1 aromatic heterocycles. The largest absolute Gasteiger partial charge is 0.355 e. The highest BCUT2D eigenvalue weighted by molar-refractivity contribution is 7.91. The molecule has 0 radical (unpaired) electrons. The zero-order valence-corrected chi connectivity index (χ0v) is 16.8. The average molecular weight is 395 g/mol. The third-order valence-corrected chi connectivity index (χ3v) is 6.93. The minimum absolute atomic E-state index is 0.181. The van der Waals surface area contributed by atoms with Gasteiger partial charge < -0.3 is 10.6 Å². The molecule has 0 saturated heterocycles. The van der Waals surface area contributed by atoms with E-state index in [1.165, 1.54) is 30.5 Å². The molecular formula is C18H22N2O4S2. The van der Waals surface area contributed by atoms with E-state index < -0.39 is 15.7 Å². The van der Waals surface area contributed by atoms with Crippen molar-refractivity contribution in [3.05, 3.63) is 45.8 Å². The Hall–Kier alpha value is -2.19. The highest BCUT2D eigenvalue weighted by Crippen LogP contribution is 2.32. The molecule has 1 heterocycles. The average Bonchev–Trinajstić information content (AvgIpc) is 2.87. The third-order valence-electron chi connectivity index (χ3n) is 4.07. The number of anilines is 1. The lowest BCUT2D eigenvalue weighted by Gasteiger charge is -2.08. The van der Waals surface area contributed by atoms with Crippen LogP contribution in [0, 0.1) is 20.8 Å². The molecule has 0 aliphatic heterocycles. The second kappa shape index (κ2) is 8.01. The number of sulfone groups is 1. The molecule has 2 rings (SSSR count). The number of carbonyl (C=O) groups excluding carboxylic acids is 2. The lowest BCUT2D eigenvalue weighted by molar-refractivity contribution is -0.115. The second-order valence-corrected chi connectivity index (χ2v) is 9.33. The van der Waals surface area contributed by atoms with Crippen LogP contribution in [0.4, 0.5) is 5.00 Å². The van der Waals surface area contributed by atoms with Crippen molar-refractivity contribution in [3.8, 4) is 0 Å². The second-order valence-electron chi connectivity index (χ2n) is 6.00. The number of benzene rings is 1. The Morgan fingerprint density at radius 1 is 1.08 bits per heavy atom. The Morgan fingerprint density at radius 2 is 1.69 bits per heavy atom. The molecule has 2 N–H and O–H groups in total. The summed E-state index contributed by atoms with van der Waals surface area (Å²) >= 11 is 1.30.